The largest absolute Gasteiger partial charge is 0.396 e. The molecular formula is C15H31NO2. The van der Waals surface area contributed by atoms with E-state index in [-0.39, 0.29) is 6.10 Å². The Bertz CT molecular complexity index is 231. The van der Waals surface area contributed by atoms with Gasteiger partial charge in [-0.1, -0.05) is 13.8 Å². The SMILES string of the molecule is CN(CCCCCO)CC1CC(C)(C)CCC1O. The van der Waals surface area contributed by atoms with E-state index in [0.717, 1.165) is 51.6 Å². The van der Waals surface area contributed by atoms with Crippen LogP contribution in [0.3, 0.4) is 0 Å². The zero-order valence-corrected chi connectivity index (χ0v) is 12.4. The molecule has 0 spiro atoms. The Labute approximate surface area is 112 Å². The molecule has 1 fully saturated rings. The normalized spacial score (nSPS) is 27.7. The Morgan fingerprint density at radius 3 is 2.61 bits per heavy atom. The number of rotatable bonds is 7. The van der Waals surface area contributed by atoms with Gasteiger partial charge in [-0.15, -0.1) is 0 Å². The van der Waals surface area contributed by atoms with Crippen LogP contribution in [0.15, 0.2) is 0 Å². The van der Waals surface area contributed by atoms with Gasteiger partial charge in [0.2, 0.25) is 0 Å². The first-order valence-corrected chi connectivity index (χ1v) is 7.42. The number of hydrogen-bond donors (Lipinski definition) is 2. The zero-order valence-electron chi connectivity index (χ0n) is 12.4. The second kappa shape index (κ2) is 7.46. The zero-order chi connectivity index (χ0) is 13.6. The van der Waals surface area contributed by atoms with Crippen LogP contribution in [0.2, 0.25) is 0 Å². The third kappa shape index (κ3) is 5.68. The van der Waals surface area contributed by atoms with E-state index in [2.05, 4.69) is 25.8 Å². The summed E-state index contributed by atoms with van der Waals surface area (Å²) in [5.41, 5.74) is 0.391. The first-order valence-electron chi connectivity index (χ1n) is 7.42. The minimum atomic E-state index is -0.113. The molecule has 0 radical (unpaired) electrons. The quantitative estimate of drug-likeness (QED) is 0.688. The molecule has 1 rings (SSSR count). The van der Waals surface area contributed by atoms with Crippen molar-refractivity contribution in [1.29, 1.82) is 0 Å². The molecule has 0 aromatic heterocycles. The van der Waals surface area contributed by atoms with Gasteiger partial charge in [-0.05, 0) is 63.5 Å². The van der Waals surface area contributed by atoms with Crippen molar-refractivity contribution in [3.05, 3.63) is 0 Å². The van der Waals surface area contributed by atoms with Crippen molar-refractivity contribution in [3.8, 4) is 0 Å². The average Bonchev–Trinajstić information content (AvgIpc) is 2.29. The molecule has 2 N–H and O–H groups in total. The van der Waals surface area contributed by atoms with E-state index in [1.165, 1.54) is 0 Å². The van der Waals surface area contributed by atoms with Crippen LogP contribution in [0.4, 0.5) is 0 Å². The van der Waals surface area contributed by atoms with Crippen molar-refractivity contribution < 1.29 is 10.2 Å². The molecule has 2 atom stereocenters. The molecule has 0 bridgehead atoms. The van der Waals surface area contributed by atoms with Gasteiger partial charge >= 0.3 is 0 Å². The lowest BCUT2D eigenvalue weighted by molar-refractivity contribution is 0.00751. The molecule has 108 valence electrons. The van der Waals surface area contributed by atoms with Crippen molar-refractivity contribution in [3.63, 3.8) is 0 Å². The molecule has 1 aliphatic carbocycles. The third-order valence-corrected chi connectivity index (χ3v) is 4.22. The molecule has 0 aromatic carbocycles. The first-order chi connectivity index (χ1) is 8.44. The minimum absolute atomic E-state index is 0.113. The lowest BCUT2D eigenvalue weighted by Gasteiger charge is -2.40. The molecule has 0 amide bonds. The van der Waals surface area contributed by atoms with E-state index in [1.54, 1.807) is 0 Å². The highest BCUT2D eigenvalue weighted by Crippen LogP contribution is 2.38. The number of aliphatic hydroxyl groups is 2. The average molecular weight is 257 g/mol. The summed E-state index contributed by atoms with van der Waals surface area (Å²) in [6.07, 6.45) is 6.27. The Balaban J connectivity index is 2.26. The lowest BCUT2D eigenvalue weighted by Crippen LogP contribution is -2.40. The summed E-state index contributed by atoms with van der Waals surface area (Å²) in [5.74, 6) is 0.427. The summed E-state index contributed by atoms with van der Waals surface area (Å²) in [7, 11) is 2.15. The maximum Gasteiger partial charge on any atom is 0.0581 e. The Kier molecular flexibility index (Phi) is 6.61. The summed E-state index contributed by atoms with van der Waals surface area (Å²) < 4.78 is 0. The Morgan fingerprint density at radius 2 is 1.94 bits per heavy atom. The van der Waals surface area contributed by atoms with Crippen LogP contribution in [-0.2, 0) is 0 Å². The number of hydrogen-bond acceptors (Lipinski definition) is 3. The molecular weight excluding hydrogens is 226 g/mol. The fraction of sp³-hybridized carbons (Fsp3) is 1.00. The highest BCUT2D eigenvalue weighted by Gasteiger charge is 2.34. The second-order valence-corrected chi connectivity index (χ2v) is 6.78. The van der Waals surface area contributed by atoms with E-state index >= 15 is 0 Å². The van der Waals surface area contributed by atoms with E-state index in [4.69, 9.17) is 5.11 Å². The molecule has 0 aliphatic heterocycles. The minimum Gasteiger partial charge on any atom is -0.396 e. The molecule has 1 saturated carbocycles. The van der Waals surface area contributed by atoms with Gasteiger partial charge in [-0.25, -0.2) is 0 Å². The summed E-state index contributed by atoms with van der Waals surface area (Å²) >= 11 is 0. The molecule has 3 heteroatoms. The van der Waals surface area contributed by atoms with Gasteiger partial charge in [-0.2, -0.15) is 0 Å². The standard InChI is InChI=1S/C15H31NO2/c1-15(2)8-7-14(18)13(11-15)12-16(3)9-5-4-6-10-17/h13-14,17-18H,4-12H2,1-3H3. The molecule has 3 nitrogen and oxygen atoms in total. The molecule has 0 heterocycles. The number of unbranched alkanes of at least 4 members (excludes halogenated alkanes) is 2. The van der Waals surface area contributed by atoms with E-state index in [9.17, 15) is 5.11 Å². The van der Waals surface area contributed by atoms with Gasteiger partial charge in [0.25, 0.3) is 0 Å². The van der Waals surface area contributed by atoms with Gasteiger partial charge in [0, 0.05) is 13.2 Å². The van der Waals surface area contributed by atoms with Crippen LogP contribution in [0, 0.1) is 11.3 Å². The van der Waals surface area contributed by atoms with Crippen LogP contribution in [0.25, 0.3) is 0 Å². The second-order valence-electron chi connectivity index (χ2n) is 6.78. The maximum absolute atomic E-state index is 10.1. The van der Waals surface area contributed by atoms with Crippen molar-refractivity contribution in [2.75, 3.05) is 26.7 Å². The topological polar surface area (TPSA) is 43.7 Å². The fourth-order valence-corrected chi connectivity index (χ4v) is 3.07. The van der Waals surface area contributed by atoms with Gasteiger partial charge in [0.1, 0.15) is 0 Å². The van der Waals surface area contributed by atoms with Crippen LogP contribution in [0.5, 0.6) is 0 Å². The van der Waals surface area contributed by atoms with Crippen molar-refractivity contribution in [2.24, 2.45) is 11.3 Å². The predicted octanol–water partition coefficient (Wildman–Crippen LogP) is 2.27. The van der Waals surface area contributed by atoms with E-state index in [0.29, 0.717) is 17.9 Å². The summed E-state index contributed by atoms with van der Waals surface area (Å²) in [6.45, 7) is 7.01. The van der Waals surface area contributed by atoms with Crippen LogP contribution in [0.1, 0.15) is 52.4 Å². The van der Waals surface area contributed by atoms with Gasteiger partial charge in [-0.3, -0.25) is 0 Å². The highest BCUT2D eigenvalue weighted by molar-refractivity contribution is 4.86. The van der Waals surface area contributed by atoms with E-state index < -0.39 is 0 Å². The highest BCUT2D eigenvalue weighted by atomic mass is 16.3. The molecule has 0 saturated heterocycles. The molecule has 18 heavy (non-hydrogen) atoms. The Morgan fingerprint density at radius 1 is 1.22 bits per heavy atom. The van der Waals surface area contributed by atoms with Gasteiger partial charge in [0.05, 0.1) is 6.10 Å². The van der Waals surface area contributed by atoms with E-state index in [1.807, 2.05) is 0 Å². The molecule has 2 unspecified atom stereocenters. The predicted molar refractivity (Wildman–Crippen MR) is 75.6 cm³/mol. The van der Waals surface area contributed by atoms with Gasteiger partial charge in [0.15, 0.2) is 0 Å². The Hall–Kier alpha value is -0.120. The van der Waals surface area contributed by atoms with Crippen LogP contribution < -0.4 is 0 Å². The summed E-state index contributed by atoms with van der Waals surface area (Å²) in [6, 6.07) is 0. The number of nitrogens with zero attached hydrogens (tertiary/aromatic N) is 1. The van der Waals surface area contributed by atoms with Crippen molar-refractivity contribution >= 4 is 0 Å². The third-order valence-electron chi connectivity index (χ3n) is 4.22. The fourth-order valence-electron chi connectivity index (χ4n) is 3.07. The summed E-state index contributed by atoms with van der Waals surface area (Å²) in [5, 5.41) is 18.8. The van der Waals surface area contributed by atoms with Gasteiger partial charge < -0.3 is 15.1 Å². The van der Waals surface area contributed by atoms with Crippen molar-refractivity contribution in [1.82, 2.24) is 4.90 Å². The van der Waals surface area contributed by atoms with Crippen molar-refractivity contribution in [2.45, 2.75) is 58.5 Å². The molecule has 1 aliphatic rings. The monoisotopic (exact) mass is 257 g/mol. The smallest absolute Gasteiger partial charge is 0.0581 e. The molecule has 0 aromatic rings. The maximum atomic E-state index is 10.1. The lowest BCUT2D eigenvalue weighted by atomic mass is 9.71. The van der Waals surface area contributed by atoms with Crippen LogP contribution in [-0.4, -0.2) is 48.0 Å². The van der Waals surface area contributed by atoms with Crippen LogP contribution >= 0.6 is 0 Å². The first kappa shape index (κ1) is 15.9. The number of aliphatic hydroxyl groups excluding tert-OH is 2. The summed E-state index contributed by atoms with van der Waals surface area (Å²) in [4.78, 5) is 2.34.